The van der Waals surface area contributed by atoms with Gasteiger partial charge in [0.15, 0.2) is 6.10 Å². The zero-order valence-corrected chi connectivity index (χ0v) is 12.0. The first-order valence-electron chi connectivity index (χ1n) is 6.81. The SMILES string of the molecule is N[C@@H](CCCCNC(=O)[C@@H](O)[C@H](O)[C@@H](O)[C@@H](O)CO)C(=O)O. The van der Waals surface area contributed by atoms with E-state index in [1.54, 1.807) is 0 Å². The summed E-state index contributed by atoms with van der Waals surface area (Å²) in [7, 11) is 0. The molecule has 130 valence electrons. The molecule has 0 bridgehead atoms. The van der Waals surface area contributed by atoms with E-state index < -0.39 is 48.9 Å². The fraction of sp³-hybridized carbons (Fsp3) is 0.833. The van der Waals surface area contributed by atoms with E-state index in [0.29, 0.717) is 12.8 Å². The van der Waals surface area contributed by atoms with Crippen LogP contribution in [-0.4, -0.2) is 86.1 Å². The topological polar surface area (TPSA) is 194 Å². The van der Waals surface area contributed by atoms with Crippen LogP contribution >= 0.6 is 0 Å². The molecule has 10 heteroatoms. The predicted octanol–water partition coefficient (Wildman–Crippen LogP) is -3.88. The van der Waals surface area contributed by atoms with Gasteiger partial charge in [-0.05, 0) is 19.3 Å². The van der Waals surface area contributed by atoms with Crippen LogP contribution in [0.1, 0.15) is 19.3 Å². The van der Waals surface area contributed by atoms with Gasteiger partial charge < -0.3 is 41.7 Å². The van der Waals surface area contributed by atoms with Crippen LogP contribution in [-0.2, 0) is 9.59 Å². The van der Waals surface area contributed by atoms with Crippen LogP contribution < -0.4 is 11.1 Å². The van der Waals surface area contributed by atoms with Crippen LogP contribution in [0.2, 0.25) is 0 Å². The van der Waals surface area contributed by atoms with E-state index in [1.165, 1.54) is 0 Å². The van der Waals surface area contributed by atoms with Gasteiger partial charge in [0, 0.05) is 6.54 Å². The third kappa shape index (κ3) is 7.11. The molecular formula is C12H24N2O8. The van der Waals surface area contributed by atoms with E-state index in [9.17, 15) is 24.9 Å². The van der Waals surface area contributed by atoms with Crippen molar-refractivity contribution in [2.75, 3.05) is 13.2 Å². The van der Waals surface area contributed by atoms with E-state index in [-0.39, 0.29) is 13.0 Å². The lowest BCUT2D eigenvalue weighted by atomic mass is 10.0. The second-order valence-electron chi connectivity index (χ2n) is 4.91. The number of carbonyl (C=O) groups is 2. The van der Waals surface area contributed by atoms with Gasteiger partial charge in [-0.25, -0.2) is 0 Å². The maximum atomic E-state index is 11.5. The number of hydrogen-bond acceptors (Lipinski definition) is 8. The summed E-state index contributed by atoms with van der Waals surface area (Å²) in [6.45, 7) is -0.718. The third-order valence-corrected chi connectivity index (χ3v) is 3.08. The quantitative estimate of drug-likeness (QED) is 0.175. The summed E-state index contributed by atoms with van der Waals surface area (Å²) in [4.78, 5) is 22.0. The number of carbonyl (C=O) groups excluding carboxylic acids is 1. The molecule has 10 nitrogen and oxygen atoms in total. The number of hydrogen-bond donors (Lipinski definition) is 8. The fourth-order valence-corrected chi connectivity index (χ4v) is 1.61. The van der Waals surface area contributed by atoms with Crippen molar-refractivity contribution in [2.45, 2.75) is 49.7 Å². The smallest absolute Gasteiger partial charge is 0.320 e. The van der Waals surface area contributed by atoms with Gasteiger partial charge in [-0.15, -0.1) is 0 Å². The highest BCUT2D eigenvalue weighted by Crippen LogP contribution is 2.05. The van der Waals surface area contributed by atoms with E-state index in [1.807, 2.05) is 0 Å². The van der Waals surface area contributed by atoms with Crippen LogP contribution in [0, 0.1) is 0 Å². The second kappa shape index (κ2) is 10.4. The molecule has 0 unspecified atom stereocenters. The normalized spacial score (nSPS) is 18.1. The van der Waals surface area contributed by atoms with Crippen molar-refractivity contribution in [3.05, 3.63) is 0 Å². The van der Waals surface area contributed by atoms with Crippen molar-refractivity contribution in [3.8, 4) is 0 Å². The molecule has 0 radical (unpaired) electrons. The lowest BCUT2D eigenvalue weighted by Crippen LogP contribution is -2.51. The van der Waals surface area contributed by atoms with Crippen molar-refractivity contribution >= 4 is 11.9 Å². The minimum absolute atomic E-state index is 0.119. The van der Waals surface area contributed by atoms with Gasteiger partial charge in [0.25, 0.3) is 5.91 Å². The Kier molecular flexibility index (Phi) is 9.81. The second-order valence-corrected chi connectivity index (χ2v) is 4.91. The standard InChI is InChI=1S/C12H24N2O8/c13-6(12(21)22)3-1-2-4-14-11(20)10(19)9(18)8(17)7(16)5-15/h6-10,15-19H,1-5,13H2,(H,14,20)(H,21,22)/t6-,7-,8-,9+,10-/m0/s1. The van der Waals surface area contributed by atoms with Gasteiger partial charge in [-0.2, -0.15) is 0 Å². The van der Waals surface area contributed by atoms with Gasteiger partial charge in [-0.1, -0.05) is 0 Å². The van der Waals surface area contributed by atoms with E-state index in [2.05, 4.69) is 5.32 Å². The first-order chi connectivity index (χ1) is 10.2. The first-order valence-corrected chi connectivity index (χ1v) is 6.81. The summed E-state index contributed by atoms with van der Waals surface area (Å²) in [6.07, 6.45) is -6.40. The van der Waals surface area contributed by atoms with Crippen molar-refractivity contribution in [1.29, 1.82) is 0 Å². The number of unbranched alkanes of at least 4 members (excludes halogenated alkanes) is 1. The van der Waals surface area contributed by atoms with Gasteiger partial charge >= 0.3 is 5.97 Å². The van der Waals surface area contributed by atoms with Crippen molar-refractivity contribution in [1.82, 2.24) is 5.32 Å². The maximum absolute atomic E-state index is 11.5. The molecule has 9 N–H and O–H groups in total. The van der Waals surface area contributed by atoms with E-state index in [0.717, 1.165) is 0 Å². The molecule has 0 saturated heterocycles. The number of carboxylic acids is 1. The molecule has 0 rings (SSSR count). The molecule has 0 aliphatic heterocycles. The predicted molar refractivity (Wildman–Crippen MR) is 73.6 cm³/mol. The molecule has 0 fully saturated rings. The summed E-state index contributed by atoms with van der Waals surface area (Å²) in [6, 6.07) is -0.974. The maximum Gasteiger partial charge on any atom is 0.320 e. The molecular weight excluding hydrogens is 300 g/mol. The van der Waals surface area contributed by atoms with Gasteiger partial charge in [0.1, 0.15) is 24.4 Å². The van der Waals surface area contributed by atoms with E-state index >= 15 is 0 Å². The van der Waals surface area contributed by atoms with Crippen LogP contribution in [0.5, 0.6) is 0 Å². The van der Waals surface area contributed by atoms with Gasteiger partial charge in [-0.3, -0.25) is 9.59 Å². The molecule has 1 amide bonds. The third-order valence-electron chi connectivity index (χ3n) is 3.08. The number of nitrogens with two attached hydrogens (primary N) is 1. The number of carboxylic acid groups (broad SMARTS) is 1. The fourth-order valence-electron chi connectivity index (χ4n) is 1.61. The molecule has 0 heterocycles. The molecule has 0 aliphatic carbocycles. The molecule has 0 aromatic heterocycles. The number of aliphatic hydroxyl groups excluding tert-OH is 5. The Morgan fingerprint density at radius 1 is 1.05 bits per heavy atom. The lowest BCUT2D eigenvalue weighted by molar-refractivity contribution is -0.149. The minimum atomic E-state index is -1.97. The van der Waals surface area contributed by atoms with E-state index in [4.69, 9.17) is 21.1 Å². The Morgan fingerprint density at radius 2 is 1.64 bits per heavy atom. The Bertz CT molecular complexity index is 354. The largest absolute Gasteiger partial charge is 0.480 e. The number of amides is 1. The summed E-state index contributed by atoms with van der Waals surface area (Å²) < 4.78 is 0. The minimum Gasteiger partial charge on any atom is -0.480 e. The lowest BCUT2D eigenvalue weighted by Gasteiger charge is -2.24. The number of aliphatic carboxylic acids is 1. The highest BCUT2D eigenvalue weighted by atomic mass is 16.4. The van der Waals surface area contributed by atoms with Gasteiger partial charge in [0.2, 0.25) is 0 Å². The molecule has 22 heavy (non-hydrogen) atoms. The Morgan fingerprint density at radius 3 is 2.14 bits per heavy atom. The zero-order valence-electron chi connectivity index (χ0n) is 12.0. The molecule has 0 saturated carbocycles. The first kappa shape index (κ1) is 20.7. The molecule has 0 aliphatic rings. The number of nitrogens with one attached hydrogen (secondary N) is 1. The monoisotopic (exact) mass is 324 g/mol. The molecule has 5 atom stereocenters. The highest BCUT2D eigenvalue weighted by Gasteiger charge is 2.33. The highest BCUT2D eigenvalue weighted by molar-refractivity contribution is 5.81. The van der Waals surface area contributed by atoms with Gasteiger partial charge in [0.05, 0.1) is 6.61 Å². The number of aliphatic hydroxyl groups is 5. The van der Waals surface area contributed by atoms with Crippen LogP contribution in [0.3, 0.4) is 0 Å². The Labute approximate surface area is 127 Å². The summed E-state index contributed by atoms with van der Waals surface area (Å²) in [5, 5.41) is 56.9. The molecule has 0 aromatic carbocycles. The Hall–Kier alpha value is -1.30. The average molecular weight is 324 g/mol. The van der Waals surface area contributed by atoms with Crippen molar-refractivity contribution in [3.63, 3.8) is 0 Å². The molecule has 0 spiro atoms. The number of rotatable bonds is 11. The molecule has 0 aromatic rings. The average Bonchev–Trinajstić information content (AvgIpc) is 2.50. The van der Waals surface area contributed by atoms with Crippen molar-refractivity contribution in [2.24, 2.45) is 5.73 Å². The van der Waals surface area contributed by atoms with Crippen LogP contribution in [0.25, 0.3) is 0 Å². The Balaban J connectivity index is 4.03. The summed E-state index contributed by atoms with van der Waals surface area (Å²) in [5.74, 6) is -2.07. The van der Waals surface area contributed by atoms with Crippen molar-refractivity contribution < 1.29 is 40.2 Å². The summed E-state index contributed by atoms with van der Waals surface area (Å²) >= 11 is 0. The van der Waals surface area contributed by atoms with Crippen LogP contribution in [0.15, 0.2) is 0 Å². The van der Waals surface area contributed by atoms with Crippen LogP contribution in [0.4, 0.5) is 0 Å². The summed E-state index contributed by atoms with van der Waals surface area (Å²) in [5.41, 5.74) is 5.29. The zero-order chi connectivity index (χ0) is 17.3.